The van der Waals surface area contributed by atoms with Gasteiger partial charge in [0.05, 0.1) is 18.3 Å². The number of benzene rings is 3. The molecule has 2 N–H and O–H groups in total. The molecule has 0 saturated carbocycles. The number of carbonyl (C=O) groups is 1. The van der Waals surface area contributed by atoms with E-state index >= 15 is 0 Å². The van der Waals surface area contributed by atoms with E-state index in [1.807, 2.05) is 86.6 Å². The second kappa shape index (κ2) is 7.62. The molecule has 0 spiro atoms. The molecule has 0 unspecified atom stereocenters. The molecule has 1 aliphatic heterocycles. The summed E-state index contributed by atoms with van der Waals surface area (Å²) in [4.78, 5) is 12.7. The fourth-order valence-corrected chi connectivity index (χ4v) is 3.52. The maximum Gasteiger partial charge on any atom is 0.319 e. The number of carbonyl (C=O) groups excluding carboxylic acids is 1. The summed E-state index contributed by atoms with van der Waals surface area (Å²) in [6, 6.07) is 23.1. The van der Waals surface area contributed by atoms with Crippen LogP contribution in [0.2, 0.25) is 0 Å². The van der Waals surface area contributed by atoms with Gasteiger partial charge in [0.15, 0.2) is 5.79 Å². The highest BCUT2D eigenvalue weighted by Crippen LogP contribution is 2.33. The summed E-state index contributed by atoms with van der Waals surface area (Å²) in [6.45, 7) is 4.14. The molecule has 1 aliphatic rings. The lowest BCUT2D eigenvalue weighted by Gasteiger charge is -2.41. The molecule has 0 aromatic heterocycles. The lowest BCUT2D eigenvalue weighted by molar-refractivity contribution is -0.284. The summed E-state index contributed by atoms with van der Waals surface area (Å²) in [6.07, 6.45) is -0.289. The van der Waals surface area contributed by atoms with E-state index in [2.05, 4.69) is 10.6 Å². The zero-order valence-corrected chi connectivity index (χ0v) is 16.0. The van der Waals surface area contributed by atoms with Gasteiger partial charge in [0, 0.05) is 5.39 Å². The highest BCUT2D eigenvalue weighted by Gasteiger charge is 2.38. The Bertz CT molecular complexity index is 967. The zero-order valence-electron chi connectivity index (χ0n) is 16.0. The Hall–Kier alpha value is -2.89. The predicted molar refractivity (Wildman–Crippen MR) is 110 cm³/mol. The average Bonchev–Trinajstić information content (AvgIpc) is 2.70. The molecule has 5 heteroatoms. The minimum atomic E-state index is -0.704. The molecule has 3 aromatic carbocycles. The standard InChI is InChI=1S/C23H24N2O3/c1-23(2)27-15-20(21(28-23)17-10-4-3-5-11-17)25-22(26)24-19-14-8-12-16-9-6-7-13-18(16)19/h3-14,20-21H,15H2,1-2H3,(H2,24,25,26)/t20-,21-/m0/s1. The topological polar surface area (TPSA) is 59.6 Å². The highest BCUT2D eigenvalue weighted by molar-refractivity contribution is 6.01. The second-order valence-electron chi connectivity index (χ2n) is 7.39. The molecule has 2 atom stereocenters. The van der Waals surface area contributed by atoms with Crippen LogP contribution in [0.4, 0.5) is 10.5 Å². The van der Waals surface area contributed by atoms with E-state index in [0.29, 0.717) is 6.61 Å². The normalized spacial score (nSPS) is 21.2. The van der Waals surface area contributed by atoms with Crippen LogP contribution in [0.3, 0.4) is 0 Å². The minimum absolute atomic E-state index is 0.283. The zero-order chi connectivity index (χ0) is 19.6. The summed E-state index contributed by atoms with van der Waals surface area (Å²) in [5.41, 5.74) is 1.78. The number of nitrogens with one attached hydrogen (secondary N) is 2. The fraction of sp³-hybridized carbons (Fsp3) is 0.261. The molecule has 0 bridgehead atoms. The van der Waals surface area contributed by atoms with Crippen molar-refractivity contribution < 1.29 is 14.3 Å². The molecule has 28 heavy (non-hydrogen) atoms. The monoisotopic (exact) mass is 376 g/mol. The maximum absolute atomic E-state index is 12.7. The first-order chi connectivity index (χ1) is 13.5. The Morgan fingerprint density at radius 3 is 2.50 bits per heavy atom. The van der Waals surface area contributed by atoms with E-state index in [1.54, 1.807) is 0 Å². The van der Waals surface area contributed by atoms with Gasteiger partial charge in [0.25, 0.3) is 0 Å². The molecule has 1 fully saturated rings. The third kappa shape index (κ3) is 4.01. The van der Waals surface area contributed by atoms with Crippen molar-refractivity contribution >= 4 is 22.5 Å². The largest absolute Gasteiger partial charge is 0.348 e. The SMILES string of the molecule is CC1(C)OC[C@H](NC(=O)Nc2cccc3ccccc23)[C@H](c2ccccc2)O1. The molecule has 1 saturated heterocycles. The minimum Gasteiger partial charge on any atom is -0.348 e. The van der Waals surface area contributed by atoms with Gasteiger partial charge in [-0.1, -0.05) is 66.7 Å². The number of hydrogen-bond donors (Lipinski definition) is 2. The maximum atomic E-state index is 12.7. The molecule has 2 amide bonds. The highest BCUT2D eigenvalue weighted by atomic mass is 16.7. The summed E-state index contributed by atoms with van der Waals surface area (Å²) < 4.78 is 11.9. The van der Waals surface area contributed by atoms with Gasteiger partial charge in [0.1, 0.15) is 6.10 Å². The summed E-state index contributed by atoms with van der Waals surface area (Å²) in [5.74, 6) is -0.704. The van der Waals surface area contributed by atoms with Crippen molar-refractivity contribution in [3.8, 4) is 0 Å². The van der Waals surface area contributed by atoms with E-state index in [-0.39, 0.29) is 18.2 Å². The van der Waals surface area contributed by atoms with Gasteiger partial charge in [-0.15, -0.1) is 0 Å². The summed E-state index contributed by atoms with van der Waals surface area (Å²) in [5, 5.41) is 8.06. The second-order valence-corrected chi connectivity index (χ2v) is 7.39. The molecule has 5 nitrogen and oxygen atoms in total. The van der Waals surface area contributed by atoms with Crippen molar-refractivity contribution in [3.63, 3.8) is 0 Å². The van der Waals surface area contributed by atoms with Crippen molar-refractivity contribution in [2.24, 2.45) is 0 Å². The van der Waals surface area contributed by atoms with E-state index in [9.17, 15) is 4.79 Å². The number of rotatable bonds is 3. The Balaban J connectivity index is 1.52. The van der Waals surface area contributed by atoms with Gasteiger partial charge in [-0.3, -0.25) is 0 Å². The molecular formula is C23H24N2O3. The number of ether oxygens (including phenoxy) is 2. The number of hydrogen-bond acceptors (Lipinski definition) is 3. The van der Waals surface area contributed by atoms with Crippen LogP contribution in [0.15, 0.2) is 72.8 Å². The fourth-order valence-electron chi connectivity index (χ4n) is 3.52. The lowest BCUT2D eigenvalue weighted by atomic mass is 10.0. The third-order valence-corrected chi connectivity index (χ3v) is 4.87. The molecule has 1 heterocycles. The summed E-state index contributed by atoms with van der Waals surface area (Å²) >= 11 is 0. The van der Waals surface area contributed by atoms with Crippen LogP contribution in [0, 0.1) is 0 Å². The molecule has 4 rings (SSSR count). The Kier molecular flexibility index (Phi) is 5.03. The first-order valence-corrected chi connectivity index (χ1v) is 9.44. The third-order valence-electron chi connectivity index (χ3n) is 4.87. The van der Waals surface area contributed by atoms with Crippen LogP contribution < -0.4 is 10.6 Å². The number of urea groups is 1. The molecule has 3 aromatic rings. The lowest BCUT2D eigenvalue weighted by Crippen LogP contribution is -2.52. The molecule has 144 valence electrons. The van der Waals surface area contributed by atoms with Gasteiger partial charge < -0.3 is 20.1 Å². The average molecular weight is 376 g/mol. The van der Waals surface area contributed by atoms with Crippen LogP contribution in [-0.2, 0) is 9.47 Å². The Morgan fingerprint density at radius 2 is 1.68 bits per heavy atom. The smallest absolute Gasteiger partial charge is 0.319 e. The van der Waals surface area contributed by atoms with Crippen LogP contribution in [0.25, 0.3) is 10.8 Å². The van der Waals surface area contributed by atoms with Gasteiger partial charge in [0.2, 0.25) is 0 Å². The number of fused-ring (bicyclic) bond motifs is 1. The quantitative estimate of drug-likeness (QED) is 0.687. The van der Waals surface area contributed by atoms with Crippen molar-refractivity contribution in [1.82, 2.24) is 5.32 Å². The Labute approximate surface area is 164 Å². The van der Waals surface area contributed by atoms with Gasteiger partial charge in [-0.05, 0) is 30.9 Å². The predicted octanol–water partition coefficient (Wildman–Crippen LogP) is 4.85. The van der Waals surface area contributed by atoms with Crippen molar-refractivity contribution in [2.75, 3.05) is 11.9 Å². The first kappa shape index (κ1) is 18.5. The van der Waals surface area contributed by atoms with E-state index in [1.165, 1.54) is 0 Å². The first-order valence-electron chi connectivity index (χ1n) is 9.44. The Morgan fingerprint density at radius 1 is 0.964 bits per heavy atom. The molecule has 0 radical (unpaired) electrons. The number of anilines is 1. The van der Waals surface area contributed by atoms with Crippen molar-refractivity contribution in [1.29, 1.82) is 0 Å². The molecule has 0 aliphatic carbocycles. The van der Waals surface area contributed by atoms with Gasteiger partial charge in [-0.25, -0.2) is 4.79 Å². The summed E-state index contributed by atoms with van der Waals surface area (Å²) in [7, 11) is 0. The van der Waals surface area contributed by atoms with Crippen molar-refractivity contribution in [2.45, 2.75) is 31.8 Å². The van der Waals surface area contributed by atoms with Crippen LogP contribution in [0.5, 0.6) is 0 Å². The van der Waals surface area contributed by atoms with Crippen LogP contribution in [-0.4, -0.2) is 24.5 Å². The molecular weight excluding hydrogens is 352 g/mol. The van der Waals surface area contributed by atoms with Crippen LogP contribution in [0.1, 0.15) is 25.5 Å². The number of amides is 2. The van der Waals surface area contributed by atoms with E-state index < -0.39 is 5.79 Å². The van der Waals surface area contributed by atoms with Gasteiger partial charge in [-0.2, -0.15) is 0 Å². The van der Waals surface area contributed by atoms with Crippen molar-refractivity contribution in [3.05, 3.63) is 78.4 Å². The van der Waals surface area contributed by atoms with Crippen LogP contribution >= 0.6 is 0 Å². The van der Waals surface area contributed by atoms with Gasteiger partial charge >= 0.3 is 6.03 Å². The van der Waals surface area contributed by atoms with E-state index in [4.69, 9.17) is 9.47 Å². The van der Waals surface area contributed by atoms with E-state index in [0.717, 1.165) is 22.0 Å².